The van der Waals surface area contributed by atoms with Crippen LogP contribution in [0.15, 0.2) is 48.5 Å². The van der Waals surface area contributed by atoms with Crippen molar-refractivity contribution in [3.63, 3.8) is 0 Å². The molecule has 0 radical (unpaired) electrons. The highest BCUT2D eigenvalue weighted by atomic mass is 32.2. The average molecular weight is 303 g/mol. The Morgan fingerprint density at radius 1 is 1.05 bits per heavy atom. The smallest absolute Gasteiger partial charge is 0.123 e. The van der Waals surface area contributed by atoms with E-state index in [-0.39, 0.29) is 0 Å². The molecular weight excluding hydrogens is 292 g/mol. The van der Waals surface area contributed by atoms with Crippen molar-refractivity contribution in [3.8, 4) is 10.6 Å². The number of thiazole rings is 1. The normalized spacial score (nSPS) is 11.7. The first kappa shape index (κ1) is 13.1. The van der Waals surface area contributed by atoms with E-state index in [1.165, 1.54) is 11.3 Å². The van der Waals surface area contributed by atoms with Gasteiger partial charge in [-0.2, -0.15) is 0 Å². The summed E-state index contributed by atoms with van der Waals surface area (Å²) in [5, 5.41) is 0.772. The van der Waals surface area contributed by atoms with Crippen molar-refractivity contribution in [2.24, 2.45) is 0 Å². The van der Waals surface area contributed by atoms with Gasteiger partial charge >= 0.3 is 0 Å². The Morgan fingerprint density at radius 3 is 2.50 bits per heavy atom. The molecule has 0 amide bonds. The van der Waals surface area contributed by atoms with Crippen LogP contribution in [0.5, 0.6) is 0 Å². The molecule has 0 aliphatic carbocycles. The van der Waals surface area contributed by atoms with Crippen molar-refractivity contribution in [3.05, 3.63) is 53.3 Å². The summed E-state index contributed by atoms with van der Waals surface area (Å²) >= 11 is 1.52. The Morgan fingerprint density at radius 2 is 1.75 bits per heavy atom. The Bertz CT molecular complexity index is 837. The van der Waals surface area contributed by atoms with E-state index in [9.17, 15) is 8.42 Å². The van der Waals surface area contributed by atoms with Gasteiger partial charge < -0.3 is 4.72 Å². The van der Waals surface area contributed by atoms with Crippen molar-refractivity contribution in [1.82, 2.24) is 4.98 Å². The third-order valence-corrected chi connectivity index (χ3v) is 4.29. The van der Waals surface area contributed by atoms with Gasteiger partial charge in [-0.05, 0) is 17.7 Å². The van der Waals surface area contributed by atoms with Crippen molar-refractivity contribution in [2.75, 3.05) is 6.26 Å². The lowest BCUT2D eigenvalue weighted by Crippen LogP contribution is -1.91. The molecular formula is C14H11N2O2S2-. The van der Waals surface area contributed by atoms with Gasteiger partial charge in [-0.3, -0.25) is 0 Å². The van der Waals surface area contributed by atoms with Crippen LogP contribution in [0.1, 0.15) is 0 Å². The van der Waals surface area contributed by atoms with E-state index in [0.717, 1.165) is 27.0 Å². The minimum Gasteiger partial charge on any atom is -0.577 e. The van der Waals surface area contributed by atoms with E-state index in [1.807, 2.05) is 36.4 Å². The summed E-state index contributed by atoms with van der Waals surface area (Å²) in [6.07, 6.45) is 1.09. The predicted molar refractivity (Wildman–Crippen MR) is 82.9 cm³/mol. The minimum atomic E-state index is -3.44. The van der Waals surface area contributed by atoms with Gasteiger partial charge in [-0.1, -0.05) is 36.4 Å². The Hall–Kier alpha value is -1.92. The average Bonchev–Trinajstić information content (AvgIpc) is 2.81. The summed E-state index contributed by atoms with van der Waals surface area (Å²) in [4.78, 5) is 4.54. The van der Waals surface area contributed by atoms with Gasteiger partial charge in [0.25, 0.3) is 0 Å². The highest BCUT2D eigenvalue weighted by Crippen LogP contribution is 2.38. The topological polar surface area (TPSA) is 61.1 Å². The summed E-state index contributed by atoms with van der Waals surface area (Å²) in [6.45, 7) is 0. The molecule has 0 saturated carbocycles. The highest BCUT2D eigenvalue weighted by molar-refractivity contribution is 7.93. The van der Waals surface area contributed by atoms with E-state index in [2.05, 4.69) is 9.71 Å². The monoisotopic (exact) mass is 303 g/mol. The van der Waals surface area contributed by atoms with Crippen molar-refractivity contribution < 1.29 is 8.42 Å². The van der Waals surface area contributed by atoms with Crippen LogP contribution in [0, 0.1) is 0 Å². The van der Waals surface area contributed by atoms with Crippen LogP contribution in [0.25, 0.3) is 25.5 Å². The van der Waals surface area contributed by atoms with Crippen LogP contribution in [-0.2, 0) is 10.0 Å². The molecule has 0 saturated heterocycles. The van der Waals surface area contributed by atoms with Gasteiger partial charge in [0.15, 0.2) is 0 Å². The fourth-order valence-electron chi connectivity index (χ4n) is 1.90. The highest BCUT2D eigenvalue weighted by Gasteiger charge is 2.07. The molecule has 102 valence electrons. The van der Waals surface area contributed by atoms with Crippen LogP contribution in [0.4, 0.5) is 5.69 Å². The first-order valence-electron chi connectivity index (χ1n) is 5.91. The second-order valence-corrected chi connectivity index (χ2v) is 7.01. The molecule has 3 aromatic rings. The van der Waals surface area contributed by atoms with Crippen LogP contribution in [0.2, 0.25) is 0 Å². The number of benzene rings is 2. The van der Waals surface area contributed by atoms with Crippen LogP contribution >= 0.6 is 11.3 Å². The number of hydrogen-bond acceptors (Lipinski definition) is 4. The number of nitrogens with zero attached hydrogens (tertiary/aromatic N) is 2. The number of hydrogen-bond donors (Lipinski definition) is 0. The number of rotatable bonds is 3. The van der Waals surface area contributed by atoms with Crippen LogP contribution in [0.3, 0.4) is 0 Å². The van der Waals surface area contributed by atoms with Crippen molar-refractivity contribution >= 4 is 37.3 Å². The lowest BCUT2D eigenvalue weighted by atomic mass is 10.2. The zero-order valence-electron chi connectivity index (χ0n) is 10.6. The fraction of sp³-hybridized carbons (Fsp3) is 0.0714. The van der Waals surface area contributed by atoms with Crippen LogP contribution < -0.4 is 0 Å². The summed E-state index contributed by atoms with van der Waals surface area (Å²) in [7, 11) is -3.44. The first-order chi connectivity index (χ1) is 9.53. The van der Waals surface area contributed by atoms with E-state index >= 15 is 0 Å². The Kier molecular flexibility index (Phi) is 3.19. The maximum Gasteiger partial charge on any atom is 0.123 e. The van der Waals surface area contributed by atoms with E-state index < -0.39 is 10.0 Å². The SMILES string of the molecule is CS(=O)(=O)[N-]c1ccccc1-c1nc2ccccc2s1. The molecule has 0 fully saturated rings. The molecule has 0 N–H and O–H groups in total. The second-order valence-electron chi connectivity index (χ2n) is 4.33. The molecule has 1 aromatic heterocycles. The molecule has 2 aromatic carbocycles. The number of sulfonamides is 1. The molecule has 3 rings (SSSR count). The van der Waals surface area contributed by atoms with Gasteiger partial charge in [-0.25, -0.2) is 13.4 Å². The quantitative estimate of drug-likeness (QED) is 0.736. The molecule has 20 heavy (non-hydrogen) atoms. The first-order valence-corrected chi connectivity index (χ1v) is 8.57. The lowest BCUT2D eigenvalue weighted by molar-refractivity contribution is 0.609. The van der Waals surface area contributed by atoms with Crippen LogP contribution in [-0.4, -0.2) is 19.7 Å². The maximum absolute atomic E-state index is 11.4. The summed E-state index contributed by atoms with van der Waals surface area (Å²) < 4.78 is 27.6. The molecule has 0 unspecified atom stereocenters. The van der Waals surface area contributed by atoms with E-state index in [0.29, 0.717) is 5.69 Å². The maximum atomic E-state index is 11.4. The summed E-state index contributed by atoms with van der Waals surface area (Å²) in [6, 6.07) is 14.9. The Balaban J connectivity index is 2.14. The summed E-state index contributed by atoms with van der Waals surface area (Å²) in [5.41, 5.74) is 2.06. The molecule has 0 aliphatic heterocycles. The third-order valence-electron chi connectivity index (χ3n) is 2.69. The predicted octanol–water partition coefficient (Wildman–Crippen LogP) is 3.93. The van der Waals surface area contributed by atoms with Gasteiger partial charge in [0.2, 0.25) is 0 Å². The van der Waals surface area contributed by atoms with Gasteiger partial charge in [0, 0.05) is 6.26 Å². The molecule has 1 heterocycles. The largest absolute Gasteiger partial charge is 0.577 e. The molecule has 6 heteroatoms. The minimum absolute atomic E-state index is 0.425. The van der Waals surface area contributed by atoms with Gasteiger partial charge in [0.05, 0.1) is 20.2 Å². The lowest BCUT2D eigenvalue weighted by Gasteiger charge is -2.21. The Labute approximate surface area is 121 Å². The number of para-hydroxylation sites is 1. The van der Waals surface area contributed by atoms with Gasteiger partial charge in [0.1, 0.15) is 5.01 Å². The zero-order valence-corrected chi connectivity index (χ0v) is 12.3. The zero-order chi connectivity index (χ0) is 14.2. The molecule has 0 bridgehead atoms. The number of aromatic nitrogens is 1. The van der Waals surface area contributed by atoms with Crippen molar-refractivity contribution in [1.29, 1.82) is 0 Å². The van der Waals surface area contributed by atoms with E-state index in [1.54, 1.807) is 12.1 Å². The fourth-order valence-corrected chi connectivity index (χ4v) is 3.42. The number of fused-ring (bicyclic) bond motifs is 1. The van der Waals surface area contributed by atoms with E-state index in [4.69, 9.17) is 0 Å². The third kappa shape index (κ3) is 2.66. The molecule has 0 atom stereocenters. The second kappa shape index (κ2) is 4.88. The summed E-state index contributed by atoms with van der Waals surface area (Å²) in [5.74, 6) is 0. The molecule has 0 spiro atoms. The molecule has 0 aliphatic rings. The molecule has 4 nitrogen and oxygen atoms in total. The van der Waals surface area contributed by atoms with Crippen molar-refractivity contribution in [2.45, 2.75) is 0 Å². The standard InChI is InChI=1S/C14H11N2O2S2/c1-20(17,18)16-11-7-3-2-6-10(11)14-15-12-8-4-5-9-13(12)19-14/h2-9H,1H3/q-1. The van der Waals surface area contributed by atoms with Gasteiger partial charge in [-0.15, -0.1) is 17.0 Å².